The minimum Gasteiger partial charge on any atom is -0.487 e. The number of benzene rings is 2. The van der Waals surface area contributed by atoms with Gasteiger partial charge in [-0.2, -0.15) is 0 Å². The van der Waals surface area contributed by atoms with Crippen LogP contribution in [0, 0.1) is 6.92 Å². The van der Waals surface area contributed by atoms with Crippen molar-refractivity contribution in [1.82, 2.24) is 5.43 Å². The standard InChI is InChI=1S/C16H17ClN2O2/c1-11-6-7-15(14(17)8-11)21-10-13-5-3-2-4-12(13)9-16(20)19-18/h2-8H,9-10,18H2,1H3,(H,19,20). The molecule has 110 valence electrons. The van der Waals surface area contributed by atoms with Crippen molar-refractivity contribution in [3.8, 4) is 5.75 Å². The Bertz CT molecular complexity index is 644. The summed E-state index contributed by atoms with van der Waals surface area (Å²) >= 11 is 6.14. The molecule has 0 spiro atoms. The molecule has 3 N–H and O–H groups in total. The number of amides is 1. The number of carbonyl (C=O) groups is 1. The van der Waals surface area contributed by atoms with Crippen molar-refractivity contribution in [3.63, 3.8) is 0 Å². The second-order valence-corrected chi connectivity index (χ2v) is 5.14. The summed E-state index contributed by atoms with van der Waals surface area (Å²) in [7, 11) is 0. The Morgan fingerprint density at radius 2 is 1.95 bits per heavy atom. The highest BCUT2D eigenvalue weighted by atomic mass is 35.5. The predicted octanol–water partition coefficient (Wildman–Crippen LogP) is 2.76. The molecule has 0 unspecified atom stereocenters. The Labute approximate surface area is 128 Å². The molecule has 21 heavy (non-hydrogen) atoms. The molecule has 1 amide bonds. The molecule has 0 aliphatic heterocycles. The van der Waals surface area contributed by atoms with Crippen molar-refractivity contribution in [2.45, 2.75) is 20.0 Å². The maximum absolute atomic E-state index is 11.4. The van der Waals surface area contributed by atoms with E-state index < -0.39 is 0 Å². The fourth-order valence-electron chi connectivity index (χ4n) is 1.97. The highest BCUT2D eigenvalue weighted by Gasteiger charge is 2.08. The summed E-state index contributed by atoms with van der Waals surface area (Å²) in [5.74, 6) is 5.51. The number of aryl methyl sites for hydroxylation is 1. The van der Waals surface area contributed by atoms with Crippen LogP contribution in [0.4, 0.5) is 0 Å². The molecular weight excluding hydrogens is 288 g/mol. The third-order valence-corrected chi connectivity index (χ3v) is 3.40. The molecule has 0 atom stereocenters. The van der Waals surface area contributed by atoms with Gasteiger partial charge in [-0.15, -0.1) is 0 Å². The summed E-state index contributed by atoms with van der Waals surface area (Å²) in [4.78, 5) is 11.4. The molecule has 0 saturated carbocycles. The predicted molar refractivity (Wildman–Crippen MR) is 83.0 cm³/mol. The van der Waals surface area contributed by atoms with Gasteiger partial charge in [-0.05, 0) is 35.7 Å². The first-order chi connectivity index (χ1) is 10.1. The van der Waals surface area contributed by atoms with E-state index in [1.165, 1.54) is 0 Å². The number of ether oxygens (including phenoxy) is 1. The highest BCUT2D eigenvalue weighted by molar-refractivity contribution is 6.32. The largest absolute Gasteiger partial charge is 0.487 e. The Hall–Kier alpha value is -2.04. The average Bonchev–Trinajstić information content (AvgIpc) is 2.47. The Morgan fingerprint density at radius 3 is 2.62 bits per heavy atom. The van der Waals surface area contributed by atoms with Crippen LogP contribution in [0.5, 0.6) is 5.75 Å². The first-order valence-corrected chi connectivity index (χ1v) is 6.93. The van der Waals surface area contributed by atoms with Gasteiger partial charge >= 0.3 is 0 Å². The van der Waals surface area contributed by atoms with Crippen LogP contribution in [0.3, 0.4) is 0 Å². The van der Waals surface area contributed by atoms with Crippen molar-refractivity contribution >= 4 is 17.5 Å². The van der Waals surface area contributed by atoms with E-state index in [-0.39, 0.29) is 12.3 Å². The lowest BCUT2D eigenvalue weighted by atomic mass is 10.1. The van der Waals surface area contributed by atoms with Crippen LogP contribution < -0.4 is 16.0 Å². The maximum Gasteiger partial charge on any atom is 0.238 e. The highest BCUT2D eigenvalue weighted by Crippen LogP contribution is 2.26. The zero-order chi connectivity index (χ0) is 15.2. The lowest BCUT2D eigenvalue weighted by Crippen LogP contribution is -2.31. The Kier molecular flexibility index (Phi) is 5.20. The molecule has 0 aliphatic carbocycles. The van der Waals surface area contributed by atoms with Crippen molar-refractivity contribution in [2.24, 2.45) is 5.84 Å². The maximum atomic E-state index is 11.4. The minimum absolute atomic E-state index is 0.220. The molecule has 0 radical (unpaired) electrons. The van der Waals surface area contributed by atoms with Crippen LogP contribution in [0.15, 0.2) is 42.5 Å². The molecule has 0 heterocycles. The number of nitrogens with two attached hydrogens (primary N) is 1. The van der Waals surface area contributed by atoms with Crippen molar-refractivity contribution in [2.75, 3.05) is 0 Å². The molecule has 2 aromatic rings. The van der Waals surface area contributed by atoms with Gasteiger partial charge in [0, 0.05) is 0 Å². The first-order valence-electron chi connectivity index (χ1n) is 6.55. The molecule has 0 bridgehead atoms. The molecule has 0 fully saturated rings. The molecule has 0 aromatic heterocycles. The third kappa shape index (κ3) is 4.21. The molecule has 2 rings (SSSR count). The van der Waals surface area contributed by atoms with E-state index in [4.69, 9.17) is 22.2 Å². The van der Waals surface area contributed by atoms with Gasteiger partial charge in [0.2, 0.25) is 5.91 Å². The Morgan fingerprint density at radius 1 is 1.24 bits per heavy atom. The lowest BCUT2D eigenvalue weighted by molar-refractivity contribution is -0.120. The van der Waals surface area contributed by atoms with Gasteiger partial charge in [0.25, 0.3) is 0 Å². The molecule has 5 heteroatoms. The molecule has 4 nitrogen and oxygen atoms in total. The van der Waals surface area contributed by atoms with E-state index >= 15 is 0 Å². The van der Waals surface area contributed by atoms with Crippen LogP contribution in [0.1, 0.15) is 16.7 Å². The van der Waals surface area contributed by atoms with E-state index in [1.54, 1.807) is 0 Å². The van der Waals surface area contributed by atoms with Crippen molar-refractivity contribution < 1.29 is 9.53 Å². The van der Waals surface area contributed by atoms with Crippen LogP contribution in [0.2, 0.25) is 5.02 Å². The second-order valence-electron chi connectivity index (χ2n) is 4.74. The zero-order valence-electron chi connectivity index (χ0n) is 11.7. The number of hydrogen-bond donors (Lipinski definition) is 2. The van der Waals surface area contributed by atoms with Gasteiger partial charge in [0.15, 0.2) is 0 Å². The molecular formula is C16H17ClN2O2. The first kappa shape index (κ1) is 15.4. The summed E-state index contributed by atoms with van der Waals surface area (Å²) < 4.78 is 5.74. The number of nitrogens with one attached hydrogen (secondary N) is 1. The number of hydrogen-bond acceptors (Lipinski definition) is 3. The number of halogens is 1. The molecule has 0 saturated heterocycles. The minimum atomic E-state index is -0.240. The van der Waals surface area contributed by atoms with Gasteiger partial charge < -0.3 is 4.74 Å². The lowest BCUT2D eigenvalue weighted by Gasteiger charge is -2.12. The smallest absolute Gasteiger partial charge is 0.238 e. The third-order valence-electron chi connectivity index (χ3n) is 3.10. The van der Waals surface area contributed by atoms with Crippen LogP contribution in [0.25, 0.3) is 0 Å². The van der Waals surface area contributed by atoms with Crippen molar-refractivity contribution in [1.29, 1.82) is 0 Å². The van der Waals surface area contributed by atoms with Gasteiger partial charge in [-0.1, -0.05) is 41.9 Å². The van der Waals surface area contributed by atoms with Gasteiger partial charge in [0.05, 0.1) is 11.4 Å². The summed E-state index contributed by atoms with van der Waals surface area (Å²) in [6.07, 6.45) is 0.220. The van der Waals surface area contributed by atoms with Gasteiger partial charge in [-0.3, -0.25) is 10.2 Å². The Balaban J connectivity index is 2.11. The van der Waals surface area contributed by atoms with Crippen LogP contribution in [-0.4, -0.2) is 5.91 Å². The van der Waals surface area contributed by atoms with E-state index in [2.05, 4.69) is 5.43 Å². The molecule has 2 aromatic carbocycles. The van der Waals surface area contributed by atoms with E-state index in [1.807, 2.05) is 49.4 Å². The van der Waals surface area contributed by atoms with E-state index in [0.29, 0.717) is 17.4 Å². The van der Waals surface area contributed by atoms with Crippen LogP contribution >= 0.6 is 11.6 Å². The van der Waals surface area contributed by atoms with Crippen LogP contribution in [-0.2, 0) is 17.8 Å². The van der Waals surface area contributed by atoms with Crippen molar-refractivity contribution in [3.05, 3.63) is 64.2 Å². The summed E-state index contributed by atoms with van der Waals surface area (Å²) in [5, 5.41) is 0.576. The van der Waals surface area contributed by atoms with Gasteiger partial charge in [0.1, 0.15) is 12.4 Å². The number of hydrazine groups is 1. The molecule has 0 aliphatic rings. The zero-order valence-corrected chi connectivity index (χ0v) is 12.5. The fraction of sp³-hybridized carbons (Fsp3) is 0.188. The number of carbonyl (C=O) groups excluding carboxylic acids is 1. The SMILES string of the molecule is Cc1ccc(OCc2ccccc2CC(=O)NN)c(Cl)c1. The normalized spacial score (nSPS) is 10.2. The summed E-state index contributed by atoms with van der Waals surface area (Å²) in [6, 6.07) is 13.2. The summed E-state index contributed by atoms with van der Waals surface area (Å²) in [5.41, 5.74) is 5.01. The second kappa shape index (κ2) is 7.11. The topological polar surface area (TPSA) is 64.3 Å². The van der Waals surface area contributed by atoms with E-state index in [0.717, 1.165) is 16.7 Å². The fourth-order valence-corrected chi connectivity index (χ4v) is 2.26. The average molecular weight is 305 g/mol. The number of rotatable bonds is 5. The van der Waals surface area contributed by atoms with E-state index in [9.17, 15) is 4.79 Å². The summed E-state index contributed by atoms with van der Waals surface area (Å²) in [6.45, 7) is 2.31. The quantitative estimate of drug-likeness (QED) is 0.507. The monoisotopic (exact) mass is 304 g/mol. The van der Waals surface area contributed by atoms with Gasteiger partial charge in [-0.25, -0.2) is 5.84 Å².